The van der Waals surface area contributed by atoms with Crippen molar-refractivity contribution in [3.05, 3.63) is 60.2 Å². The lowest BCUT2D eigenvalue weighted by Crippen LogP contribution is -2.47. The Morgan fingerprint density at radius 2 is 1.59 bits per heavy atom. The molecule has 0 bridgehead atoms. The number of likely N-dealkylation sites (N-methyl/N-ethyl adjacent to an activating group) is 1. The molecular formula is C22H24N4O. The molecule has 0 spiro atoms. The van der Waals surface area contributed by atoms with Crippen LogP contribution in [-0.2, 0) is 4.79 Å². The highest BCUT2D eigenvalue weighted by atomic mass is 16.2. The summed E-state index contributed by atoms with van der Waals surface area (Å²) in [7, 11) is 2.11. The molecule has 1 aliphatic rings. The van der Waals surface area contributed by atoms with E-state index in [1.807, 2.05) is 24.3 Å². The molecule has 0 atom stereocenters. The van der Waals surface area contributed by atoms with Gasteiger partial charge in [-0.1, -0.05) is 48.5 Å². The number of fused-ring (bicyclic) bond motifs is 2. The van der Waals surface area contributed by atoms with E-state index >= 15 is 0 Å². The van der Waals surface area contributed by atoms with Gasteiger partial charge in [0.1, 0.15) is 0 Å². The molecule has 0 radical (unpaired) electrons. The van der Waals surface area contributed by atoms with Gasteiger partial charge in [0.15, 0.2) is 0 Å². The summed E-state index contributed by atoms with van der Waals surface area (Å²) >= 11 is 0. The van der Waals surface area contributed by atoms with Crippen LogP contribution in [-0.4, -0.2) is 61.7 Å². The van der Waals surface area contributed by atoms with E-state index in [0.29, 0.717) is 6.54 Å². The van der Waals surface area contributed by atoms with Gasteiger partial charge in [0.05, 0.1) is 12.8 Å². The summed E-state index contributed by atoms with van der Waals surface area (Å²) in [4.78, 5) is 16.7. The molecule has 5 heteroatoms. The number of hydrogen-bond acceptors (Lipinski definition) is 4. The fraction of sp³-hybridized carbons (Fsp3) is 0.273. The van der Waals surface area contributed by atoms with Crippen LogP contribution in [0.4, 0.5) is 0 Å². The van der Waals surface area contributed by atoms with Crippen molar-refractivity contribution in [2.45, 2.75) is 0 Å². The Kier molecular flexibility index (Phi) is 5.14. The van der Waals surface area contributed by atoms with Crippen molar-refractivity contribution in [2.75, 3.05) is 39.8 Å². The lowest BCUT2D eigenvalue weighted by atomic mass is 9.97. The van der Waals surface area contributed by atoms with Crippen molar-refractivity contribution in [1.82, 2.24) is 15.2 Å². The number of nitrogens with zero attached hydrogens (tertiary/aromatic N) is 3. The van der Waals surface area contributed by atoms with Crippen LogP contribution in [0.15, 0.2) is 59.7 Å². The van der Waals surface area contributed by atoms with E-state index in [0.717, 1.165) is 42.5 Å². The van der Waals surface area contributed by atoms with E-state index in [-0.39, 0.29) is 5.91 Å². The molecule has 1 aliphatic heterocycles. The van der Waals surface area contributed by atoms with Crippen molar-refractivity contribution in [3.63, 3.8) is 0 Å². The average molecular weight is 360 g/mol. The zero-order valence-electron chi connectivity index (χ0n) is 15.6. The third kappa shape index (κ3) is 3.99. The molecule has 1 amide bonds. The first-order valence-electron chi connectivity index (χ1n) is 9.34. The van der Waals surface area contributed by atoms with E-state index in [2.05, 4.69) is 57.7 Å². The maximum Gasteiger partial charge on any atom is 0.254 e. The van der Waals surface area contributed by atoms with Crippen LogP contribution < -0.4 is 5.43 Å². The van der Waals surface area contributed by atoms with Crippen molar-refractivity contribution in [1.29, 1.82) is 0 Å². The van der Waals surface area contributed by atoms with Gasteiger partial charge in [-0.2, -0.15) is 5.10 Å². The maximum absolute atomic E-state index is 12.2. The van der Waals surface area contributed by atoms with Crippen molar-refractivity contribution < 1.29 is 4.79 Å². The summed E-state index contributed by atoms with van der Waals surface area (Å²) in [6.45, 7) is 4.22. The van der Waals surface area contributed by atoms with Gasteiger partial charge in [0, 0.05) is 31.7 Å². The molecule has 0 unspecified atom stereocenters. The standard InChI is InChI=1S/C22H24N4O/c1-25-10-12-26(13-11-25)16-22(27)24-23-15-21-19-8-4-2-6-17(19)14-18-7-3-5-9-20(18)21/h2-9,14-15H,10-13,16H2,1H3,(H,24,27). The Bertz CT molecular complexity index is 936. The molecule has 1 heterocycles. The number of hydrazone groups is 1. The van der Waals surface area contributed by atoms with Crippen LogP contribution in [0.3, 0.4) is 0 Å². The number of rotatable bonds is 4. The summed E-state index contributed by atoms with van der Waals surface area (Å²) in [5.74, 6) is -0.0691. The second kappa shape index (κ2) is 7.86. The molecule has 4 rings (SSSR count). The van der Waals surface area contributed by atoms with Gasteiger partial charge in [0.25, 0.3) is 5.91 Å². The number of piperazine rings is 1. The van der Waals surface area contributed by atoms with E-state index in [4.69, 9.17) is 0 Å². The Morgan fingerprint density at radius 1 is 1.00 bits per heavy atom. The third-order valence-electron chi connectivity index (χ3n) is 5.16. The molecule has 27 heavy (non-hydrogen) atoms. The lowest BCUT2D eigenvalue weighted by molar-refractivity contribution is -0.122. The maximum atomic E-state index is 12.2. The fourth-order valence-corrected chi connectivity index (χ4v) is 3.60. The largest absolute Gasteiger partial charge is 0.304 e. The SMILES string of the molecule is CN1CCN(CC(=O)NN=Cc2c3ccccc3cc3ccccc23)CC1. The number of carbonyl (C=O) groups excluding carboxylic acids is 1. The normalized spacial score (nSPS) is 16.3. The van der Waals surface area contributed by atoms with E-state index in [9.17, 15) is 4.79 Å². The lowest BCUT2D eigenvalue weighted by Gasteiger charge is -2.31. The zero-order chi connectivity index (χ0) is 18.6. The van der Waals surface area contributed by atoms with Crippen molar-refractivity contribution in [3.8, 4) is 0 Å². The quantitative estimate of drug-likeness (QED) is 0.442. The van der Waals surface area contributed by atoms with Crippen LogP contribution in [0, 0.1) is 0 Å². The number of nitrogens with one attached hydrogen (secondary N) is 1. The molecule has 1 fully saturated rings. The summed E-state index contributed by atoms with van der Waals surface area (Å²) in [6, 6.07) is 18.7. The molecule has 138 valence electrons. The van der Waals surface area contributed by atoms with Gasteiger partial charge < -0.3 is 4.90 Å². The van der Waals surface area contributed by atoms with Crippen LogP contribution in [0.25, 0.3) is 21.5 Å². The summed E-state index contributed by atoms with van der Waals surface area (Å²) in [5, 5.41) is 8.86. The molecule has 1 N–H and O–H groups in total. The van der Waals surface area contributed by atoms with Gasteiger partial charge >= 0.3 is 0 Å². The minimum Gasteiger partial charge on any atom is -0.304 e. The predicted octanol–water partition coefficient (Wildman–Crippen LogP) is 2.69. The Morgan fingerprint density at radius 3 is 2.22 bits per heavy atom. The van der Waals surface area contributed by atoms with Crippen LogP contribution in [0.5, 0.6) is 0 Å². The molecule has 0 aliphatic carbocycles. The van der Waals surface area contributed by atoms with Crippen molar-refractivity contribution >= 4 is 33.7 Å². The molecule has 1 saturated heterocycles. The monoisotopic (exact) mass is 360 g/mol. The summed E-state index contributed by atoms with van der Waals surface area (Å²) in [5.41, 5.74) is 3.73. The van der Waals surface area contributed by atoms with E-state index in [1.165, 1.54) is 10.8 Å². The first kappa shape index (κ1) is 17.6. The van der Waals surface area contributed by atoms with Gasteiger partial charge in [-0.25, -0.2) is 5.43 Å². The first-order valence-corrected chi connectivity index (χ1v) is 9.34. The Hall–Kier alpha value is -2.76. The van der Waals surface area contributed by atoms with Crippen LogP contribution in [0.2, 0.25) is 0 Å². The minimum absolute atomic E-state index is 0.0691. The summed E-state index contributed by atoms with van der Waals surface area (Å²) in [6.07, 6.45) is 1.77. The van der Waals surface area contributed by atoms with Crippen LogP contribution >= 0.6 is 0 Å². The highest BCUT2D eigenvalue weighted by Gasteiger charge is 2.16. The van der Waals surface area contributed by atoms with E-state index < -0.39 is 0 Å². The average Bonchev–Trinajstić information content (AvgIpc) is 2.69. The Balaban J connectivity index is 1.52. The number of carbonyl (C=O) groups is 1. The van der Waals surface area contributed by atoms with E-state index in [1.54, 1.807) is 6.21 Å². The highest BCUT2D eigenvalue weighted by molar-refractivity contribution is 6.13. The molecule has 0 saturated carbocycles. The molecule has 0 aromatic heterocycles. The highest BCUT2D eigenvalue weighted by Crippen LogP contribution is 2.27. The molecule has 5 nitrogen and oxygen atoms in total. The number of benzene rings is 3. The van der Waals surface area contributed by atoms with Gasteiger partial charge in [-0.3, -0.25) is 9.69 Å². The number of amides is 1. The molecule has 3 aromatic rings. The predicted molar refractivity (Wildman–Crippen MR) is 111 cm³/mol. The van der Waals surface area contributed by atoms with Gasteiger partial charge in [0.2, 0.25) is 0 Å². The third-order valence-corrected chi connectivity index (χ3v) is 5.16. The number of hydrogen-bond donors (Lipinski definition) is 1. The fourth-order valence-electron chi connectivity index (χ4n) is 3.60. The smallest absolute Gasteiger partial charge is 0.254 e. The van der Waals surface area contributed by atoms with Gasteiger partial charge in [-0.15, -0.1) is 0 Å². The topological polar surface area (TPSA) is 47.9 Å². The Labute approximate surface area is 159 Å². The minimum atomic E-state index is -0.0691. The molecule has 3 aromatic carbocycles. The van der Waals surface area contributed by atoms with Gasteiger partial charge in [-0.05, 0) is 34.7 Å². The second-order valence-corrected chi connectivity index (χ2v) is 7.11. The second-order valence-electron chi connectivity index (χ2n) is 7.11. The zero-order valence-corrected chi connectivity index (χ0v) is 15.6. The van der Waals surface area contributed by atoms with Crippen LogP contribution in [0.1, 0.15) is 5.56 Å². The first-order chi connectivity index (χ1) is 13.2. The molecular weight excluding hydrogens is 336 g/mol. The summed E-state index contributed by atoms with van der Waals surface area (Å²) < 4.78 is 0. The van der Waals surface area contributed by atoms with Crippen molar-refractivity contribution in [2.24, 2.45) is 5.10 Å².